The summed E-state index contributed by atoms with van der Waals surface area (Å²) in [4.78, 5) is 11.9. The number of phenolic OH excluding ortho intramolecular Hbond substituents is 1. The van der Waals surface area contributed by atoms with Gasteiger partial charge in [0.1, 0.15) is 5.75 Å². The first-order valence-corrected chi connectivity index (χ1v) is 6.75. The number of phenols is 1. The third kappa shape index (κ3) is 3.68. The number of benzene rings is 2. The number of carbonyl (C=O) groups excluding carboxylic acids is 1. The Labute approximate surface area is 125 Å². The number of carbonyl (C=O) groups is 1. The number of hydrogen-bond acceptors (Lipinski definition) is 3. The maximum atomic E-state index is 11.9. The molecule has 0 unspecified atom stereocenters. The Kier molecular flexibility index (Phi) is 4.53. The minimum absolute atomic E-state index is 0.194. The number of amides is 1. The second kappa shape index (κ2) is 6.34. The van der Waals surface area contributed by atoms with Gasteiger partial charge in [-0.15, -0.1) is 0 Å². The Hall–Kier alpha value is -2.14. The number of aromatic hydroxyl groups is 1. The van der Waals surface area contributed by atoms with Crippen molar-refractivity contribution in [2.45, 2.75) is 6.92 Å². The van der Waals surface area contributed by atoms with Crippen LogP contribution in [0.3, 0.4) is 0 Å². The Morgan fingerprint density at radius 2 is 1.85 bits per heavy atom. The second-order valence-corrected chi connectivity index (χ2v) is 5.11. The molecule has 2 aromatic carbocycles. The number of hydrazone groups is 1. The lowest BCUT2D eigenvalue weighted by atomic mass is 10.1. The Morgan fingerprint density at radius 1 is 1.15 bits per heavy atom. The Balaban J connectivity index is 2.08. The van der Waals surface area contributed by atoms with E-state index < -0.39 is 0 Å². The van der Waals surface area contributed by atoms with E-state index in [1.807, 2.05) is 6.07 Å². The quantitative estimate of drug-likeness (QED) is 0.669. The van der Waals surface area contributed by atoms with Crippen LogP contribution in [0.4, 0.5) is 0 Å². The Morgan fingerprint density at radius 3 is 2.50 bits per heavy atom. The van der Waals surface area contributed by atoms with Crippen LogP contribution in [-0.2, 0) is 0 Å². The highest BCUT2D eigenvalue weighted by Gasteiger charge is 2.05. The highest BCUT2D eigenvalue weighted by Crippen LogP contribution is 2.12. The molecule has 0 aliphatic heterocycles. The lowest BCUT2D eigenvalue weighted by Gasteiger charge is -2.03. The predicted molar refractivity (Wildman–Crippen MR) is 81.9 cm³/mol. The minimum atomic E-state index is -0.274. The number of hydrogen-bond donors (Lipinski definition) is 2. The van der Waals surface area contributed by atoms with Gasteiger partial charge >= 0.3 is 0 Å². The van der Waals surface area contributed by atoms with Crippen LogP contribution in [0, 0.1) is 0 Å². The number of rotatable bonds is 3. The molecule has 0 aliphatic carbocycles. The average Bonchev–Trinajstić information content (AvgIpc) is 2.45. The van der Waals surface area contributed by atoms with Gasteiger partial charge in [-0.05, 0) is 55.0 Å². The molecule has 0 saturated carbocycles. The smallest absolute Gasteiger partial charge is 0.271 e. The molecule has 0 aliphatic rings. The summed E-state index contributed by atoms with van der Waals surface area (Å²) in [5.41, 5.74) is 4.53. The largest absolute Gasteiger partial charge is 0.508 e. The summed E-state index contributed by atoms with van der Waals surface area (Å²) in [5.74, 6) is -0.0795. The van der Waals surface area contributed by atoms with Crippen molar-refractivity contribution in [3.8, 4) is 5.75 Å². The summed E-state index contributed by atoms with van der Waals surface area (Å²) in [6.07, 6.45) is 0. The molecule has 4 nitrogen and oxygen atoms in total. The molecule has 0 bridgehead atoms. The van der Waals surface area contributed by atoms with E-state index in [1.54, 1.807) is 49.4 Å². The molecule has 2 N–H and O–H groups in total. The van der Waals surface area contributed by atoms with Gasteiger partial charge in [0, 0.05) is 10.0 Å². The minimum Gasteiger partial charge on any atom is -0.508 e. The zero-order valence-electron chi connectivity index (χ0n) is 10.8. The fourth-order valence-corrected chi connectivity index (χ4v) is 2.00. The summed E-state index contributed by atoms with van der Waals surface area (Å²) >= 11 is 3.31. The van der Waals surface area contributed by atoms with E-state index in [1.165, 1.54) is 0 Å². The van der Waals surface area contributed by atoms with Gasteiger partial charge in [0.25, 0.3) is 5.91 Å². The molecule has 0 fully saturated rings. The molecule has 20 heavy (non-hydrogen) atoms. The third-order valence-electron chi connectivity index (χ3n) is 2.70. The molecule has 0 heterocycles. The van der Waals surface area contributed by atoms with Gasteiger partial charge in [-0.25, -0.2) is 5.43 Å². The van der Waals surface area contributed by atoms with Crippen molar-refractivity contribution < 1.29 is 9.90 Å². The Bertz CT molecular complexity index is 651. The van der Waals surface area contributed by atoms with Crippen LogP contribution in [0.1, 0.15) is 22.8 Å². The third-order valence-corrected chi connectivity index (χ3v) is 3.19. The van der Waals surface area contributed by atoms with Crippen molar-refractivity contribution in [1.82, 2.24) is 5.43 Å². The van der Waals surface area contributed by atoms with Gasteiger partial charge in [0.05, 0.1) is 5.71 Å². The van der Waals surface area contributed by atoms with E-state index in [0.717, 1.165) is 10.0 Å². The summed E-state index contributed by atoms with van der Waals surface area (Å²) in [6.45, 7) is 1.79. The molecular weight excluding hydrogens is 320 g/mol. The van der Waals surface area contributed by atoms with Gasteiger partial charge in [-0.3, -0.25) is 4.79 Å². The summed E-state index contributed by atoms with van der Waals surface area (Å²) in [7, 11) is 0. The van der Waals surface area contributed by atoms with Crippen molar-refractivity contribution in [2.24, 2.45) is 5.10 Å². The maximum absolute atomic E-state index is 11.9. The summed E-state index contributed by atoms with van der Waals surface area (Å²) < 4.78 is 0.837. The topological polar surface area (TPSA) is 61.7 Å². The fraction of sp³-hybridized carbons (Fsp3) is 0.0667. The molecule has 2 aromatic rings. The van der Waals surface area contributed by atoms with Crippen LogP contribution in [0.2, 0.25) is 0 Å². The number of nitrogens with one attached hydrogen (secondary N) is 1. The lowest BCUT2D eigenvalue weighted by molar-refractivity contribution is 0.0955. The molecule has 0 aromatic heterocycles. The van der Waals surface area contributed by atoms with Crippen molar-refractivity contribution in [3.63, 3.8) is 0 Å². The SMILES string of the molecule is CC(=NNC(=O)c1cccc(Br)c1)c1ccc(O)cc1. The van der Waals surface area contributed by atoms with Gasteiger partial charge in [-0.2, -0.15) is 5.10 Å². The zero-order valence-corrected chi connectivity index (χ0v) is 12.4. The lowest BCUT2D eigenvalue weighted by Crippen LogP contribution is -2.19. The molecule has 5 heteroatoms. The molecule has 2 rings (SSSR count). The first-order valence-electron chi connectivity index (χ1n) is 5.96. The summed E-state index contributed by atoms with van der Waals surface area (Å²) in [5, 5.41) is 13.3. The van der Waals surface area contributed by atoms with Gasteiger partial charge in [0.2, 0.25) is 0 Å². The van der Waals surface area contributed by atoms with Crippen molar-refractivity contribution in [2.75, 3.05) is 0 Å². The molecule has 0 radical (unpaired) electrons. The van der Waals surface area contributed by atoms with E-state index in [-0.39, 0.29) is 11.7 Å². The first kappa shape index (κ1) is 14.3. The van der Waals surface area contributed by atoms with E-state index in [2.05, 4.69) is 26.5 Å². The van der Waals surface area contributed by atoms with Gasteiger partial charge < -0.3 is 5.11 Å². The van der Waals surface area contributed by atoms with Crippen molar-refractivity contribution in [3.05, 3.63) is 64.1 Å². The van der Waals surface area contributed by atoms with E-state index in [9.17, 15) is 9.90 Å². The van der Waals surface area contributed by atoms with Crippen LogP contribution in [0.5, 0.6) is 5.75 Å². The normalized spacial score (nSPS) is 11.2. The van der Waals surface area contributed by atoms with Gasteiger partial charge in [-0.1, -0.05) is 22.0 Å². The fourth-order valence-electron chi connectivity index (χ4n) is 1.60. The molecule has 1 amide bonds. The van der Waals surface area contributed by atoms with Crippen LogP contribution in [0.25, 0.3) is 0 Å². The van der Waals surface area contributed by atoms with Gasteiger partial charge in [0.15, 0.2) is 0 Å². The molecule has 0 atom stereocenters. The molecule has 0 spiro atoms. The van der Waals surface area contributed by atoms with Crippen molar-refractivity contribution >= 4 is 27.5 Å². The monoisotopic (exact) mass is 332 g/mol. The van der Waals surface area contributed by atoms with Crippen LogP contribution in [-0.4, -0.2) is 16.7 Å². The van der Waals surface area contributed by atoms with Crippen LogP contribution in [0.15, 0.2) is 58.1 Å². The second-order valence-electron chi connectivity index (χ2n) is 4.20. The van der Waals surface area contributed by atoms with Crippen LogP contribution < -0.4 is 5.43 Å². The van der Waals surface area contributed by atoms with E-state index in [4.69, 9.17) is 0 Å². The highest BCUT2D eigenvalue weighted by atomic mass is 79.9. The average molecular weight is 333 g/mol. The maximum Gasteiger partial charge on any atom is 0.271 e. The molecule has 0 saturated heterocycles. The van der Waals surface area contributed by atoms with Crippen LogP contribution >= 0.6 is 15.9 Å². The van der Waals surface area contributed by atoms with E-state index in [0.29, 0.717) is 11.3 Å². The standard InChI is InChI=1S/C15H13BrN2O2/c1-10(11-5-7-14(19)8-6-11)17-18-15(20)12-3-2-4-13(16)9-12/h2-9,19H,1H3,(H,18,20). The van der Waals surface area contributed by atoms with E-state index >= 15 is 0 Å². The highest BCUT2D eigenvalue weighted by molar-refractivity contribution is 9.10. The molecular formula is C15H13BrN2O2. The molecule has 102 valence electrons. The zero-order chi connectivity index (χ0) is 14.5. The summed E-state index contributed by atoms with van der Waals surface area (Å²) in [6, 6.07) is 13.7. The number of halogens is 1. The first-order chi connectivity index (χ1) is 9.56. The number of nitrogens with zero attached hydrogens (tertiary/aromatic N) is 1. The van der Waals surface area contributed by atoms with Crippen molar-refractivity contribution in [1.29, 1.82) is 0 Å². The predicted octanol–water partition coefficient (Wildman–Crippen LogP) is 3.31.